The van der Waals surface area contributed by atoms with Gasteiger partial charge in [0.15, 0.2) is 0 Å². The van der Waals surface area contributed by atoms with E-state index in [4.69, 9.17) is 10.5 Å². The van der Waals surface area contributed by atoms with Crippen molar-refractivity contribution in [3.05, 3.63) is 29.8 Å². The van der Waals surface area contributed by atoms with Crippen molar-refractivity contribution in [2.24, 2.45) is 11.7 Å². The van der Waals surface area contributed by atoms with Crippen molar-refractivity contribution in [2.75, 3.05) is 19.7 Å². The largest absolute Gasteiger partial charge is 0.493 e. The van der Waals surface area contributed by atoms with E-state index in [-0.39, 0.29) is 18.3 Å². The predicted octanol–water partition coefficient (Wildman–Crippen LogP) is 2.15. The Hall–Kier alpha value is -1.26. The van der Waals surface area contributed by atoms with E-state index >= 15 is 0 Å². The second kappa shape index (κ2) is 10.5. The van der Waals surface area contributed by atoms with Gasteiger partial charge in [0.1, 0.15) is 5.75 Å². The number of amides is 1. The van der Waals surface area contributed by atoms with Gasteiger partial charge < -0.3 is 15.8 Å². The molecule has 0 bridgehead atoms. The van der Waals surface area contributed by atoms with Gasteiger partial charge in [-0.2, -0.15) is 0 Å². The van der Waals surface area contributed by atoms with Crippen LogP contribution in [0.15, 0.2) is 24.3 Å². The van der Waals surface area contributed by atoms with Crippen LogP contribution in [0.1, 0.15) is 25.8 Å². The summed E-state index contributed by atoms with van der Waals surface area (Å²) < 4.78 is 5.59. The van der Waals surface area contributed by atoms with Crippen LogP contribution in [-0.4, -0.2) is 25.6 Å². The number of nitrogens with two attached hydrogens (primary N) is 1. The van der Waals surface area contributed by atoms with E-state index in [9.17, 15) is 4.79 Å². The lowest BCUT2D eigenvalue weighted by atomic mass is 10.1. The first kappa shape index (κ1) is 18.7. The van der Waals surface area contributed by atoms with E-state index in [2.05, 4.69) is 19.2 Å². The van der Waals surface area contributed by atoms with E-state index in [1.165, 1.54) is 0 Å². The molecule has 1 aromatic rings. The summed E-state index contributed by atoms with van der Waals surface area (Å²) in [5.41, 5.74) is 6.36. The Bertz CT molecular complexity index is 380. The number of halogens is 1. The molecule has 0 heterocycles. The van der Waals surface area contributed by atoms with Gasteiger partial charge in [-0.15, -0.1) is 12.4 Å². The molecule has 1 amide bonds. The molecule has 0 aromatic heterocycles. The second-order valence-electron chi connectivity index (χ2n) is 5.02. The summed E-state index contributed by atoms with van der Waals surface area (Å²) in [5.74, 6) is 1.39. The van der Waals surface area contributed by atoms with Crippen molar-refractivity contribution >= 4 is 18.3 Å². The first-order valence-corrected chi connectivity index (χ1v) is 6.80. The second-order valence-corrected chi connectivity index (χ2v) is 5.02. The fraction of sp³-hybridized carbons (Fsp3) is 0.533. The molecular weight excluding hydrogens is 276 g/mol. The lowest BCUT2D eigenvalue weighted by Gasteiger charge is -2.09. The Morgan fingerprint density at radius 1 is 1.30 bits per heavy atom. The first-order valence-electron chi connectivity index (χ1n) is 6.80. The maximum Gasteiger partial charge on any atom is 0.224 e. The van der Waals surface area contributed by atoms with Crippen molar-refractivity contribution in [2.45, 2.75) is 26.7 Å². The fourth-order valence-electron chi connectivity index (χ4n) is 1.54. The lowest BCUT2D eigenvalue weighted by Crippen LogP contribution is -2.27. The summed E-state index contributed by atoms with van der Waals surface area (Å²) in [7, 11) is 0. The molecule has 0 spiro atoms. The molecule has 20 heavy (non-hydrogen) atoms. The summed E-state index contributed by atoms with van der Waals surface area (Å²) in [6, 6.07) is 7.67. The number of rotatable bonds is 8. The zero-order valence-electron chi connectivity index (χ0n) is 12.2. The molecular formula is C15H25ClN2O2. The van der Waals surface area contributed by atoms with Crippen LogP contribution in [0.5, 0.6) is 5.75 Å². The summed E-state index contributed by atoms with van der Waals surface area (Å²) in [5, 5.41) is 2.84. The molecule has 0 saturated heterocycles. The molecule has 0 saturated carbocycles. The highest BCUT2D eigenvalue weighted by molar-refractivity contribution is 5.85. The van der Waals surface area contributed by atoms with Gasteiger partial charge in [-0.25, -0.2) is 0 Å². The summed E-state index contributed by atoms with van der Waals surface area (Å²) in [6.45, 7) is 6.17. The Kier molecular flexibility index (Phi) is 9.86. The third kappa shape index (κ3) is 8.02. The average molecular weight is 301 g/mol. The van der Waals surface area contributed by atoms with E-state index in [1.54, 1.807) is 0 Å². The van der Waals surface area contributed by atoms with Crippen LogP contribution < -0.4 is 15.8 Å². The summed E-state index contributed by atoms with van der Waals surface area (Å²) in [6.07, 6.45) is 1.21. The van der Waals surface area contributed by atoms with Crippen LogP contribution in [-0.2, 0) is 11.2 Å². The van der Waals surface area contributed by atoms with Gasteiger partial charge in [-0.1, -0.05) is 26.0 Å². The maximum absolute atomic E-state index is 11.6. The van der Waals surface area contributed by atoms with E-state index in [1.807, 2.05) is 24.3 Å². The molecule has 5 heteroatoms. The molecule has 1 rings (SSSR count). The van der Waals surface area contributed by atoms with Gasteiger partial charge in [0.05, 0.1) is 13.0 Å². The van der Waals surface area contributed by atoms with Crippen LogP contribution in [0, 0.1) is 5.92 Å². The average Bonchev–Trinajstić information content (AvgIpc) is 2.38. The highest BCUT2D eigenvalue weighted by Crippen LogP contribution is 2.13. The van der Waals surface area contributed by atoms with Crippen LogP contribution in [0.4, 0.5) is 0 Å². The Balaban J connectivity index is 0.00000361. The molecule has 0 unspecified atom stereocenters. The molecule has 0 radical (unpaired) electrons. The summed E-state index contributed by atoms with van der Waals surface area (Å²) in [4.78, 5) is 11.6. The Labute approximate surface area is 127 Å². The fourth-order valence-corrected chi connectivity index (χ4v) is 1.54. The maximum atomic E-state index is 11.6. The van der Waals surface area contributed by atoms with Crippen molar-refractivity contribution < 1.29 is 9.53 Å². The quantitative estimate of drug-likeness (QED) is 0.723. The number of carbonyl (C=O) groups excluding carboxylic acids is 1. The van der Waals surface area contributed by atoms with Crippen molar-refractivity contribution in [3.8, 4) is 5.75 Å². The predicted molar refractivity (Wildman–Crippen MR) is 84.4 cm³/mol. The van der Waals surface area contributed by atoms with Gasteiger partial charge >= 0.3 is 0 Å². The minimum atomic E-state index is 0. The van der Waals surface area contributed by atoms with Crippen LogP contribution >= 0.6 is 12.4 Å². The number of nitrogens with one attached hydrogen (secondary N) is 1. The molecule has 0 fully saturated rings. The molecule has 0 atom stereocenters. The van der Waals surface area contributed by atoms with Gasteiger partial charge in [-0.3, -0.25) is 4.79 Å². The first-order chi connectivity index (χ1) is 9.11. The van der Waals surface area contributed by atoms with E-state index < -0.39 is 0 Å². The zero-order valence-corrected chi connectivity index (χ0v) is 13.0. The lowest BCUT2D eigenvalue weighted by molar-refractivity contribution is -0.120. The van der Waals surface area contributed by atoms with Crippen molar-refractivity contribution in [3.63, 3.8) is 0 Å². The molecule has 0 aliphatic heterocycles. The molecule has 114 valence electrons. The molecule has 1 aromatic carbocycles. The molecule has 3 N–H and O–H groups in total. The minimum Gasteiger partial charge on any atom is -0.493 e. The third-order valence-electron chi connectivity index (χ3n) is 2.57. The highest BCUT2D eigenvalue weighted by Gasteiger charge is 2.03. The van der Waals surface area contributed by atoms with Gasteiger partial charge in [-0.05, 0) is 36.6 Å². The van der Waals surface area contributed by atoms with Crippen molar-refractivity contribution in [1.82, 2.24) is 5.32 Å². The highest BCUT2D eigenvalue weighted by atomic mass is 35.5. The van der Waals surface area contributed by atoms with Gasteiger partial charge in [0, 0.05) is 6.54 Å². The van der Waals surface area contributed by atoms with Crippen LogP contribution in [0.2, 0.25) is 0 Å². The smallest absolute Gasteiger partial charge is 0.224 e. The number of carbonyl (C=O) groups is 1. The minimum absolute atomic E-state index is 0. The Morgan fingerprint density at radius 3 is 2.50 bits per heavy atom. The molecule has 4 nitrogen and oxygen atoms in total. The number of hydrogen-bond donors (Lipinski definition) is 2. The standard InChI is InChI=1S/C15H24N2O2.ClH/c1-12(2)11-19-14-6-4-13(5-7-14)10-15(18)17-9-3-8-16;/h4-7,12H,3,8-11,16H2,1-2H3,(H,17,18);1H. The third-order valence-corrected chi connectivity index (χ3v) is 2.57. The molecule has 0 aliphatic rings. The van der Waals surface area contributed by atoms with Crippen LogP contribution in [0.25, 0.3) is 0 Å². The summed E-state index contributed by atoms with van der Waals surface area (Å²) >= 11 is 0. The van der Waals surface area contributed by atoms with E-state index in [0.717, 1.165) is 17.7 Å². The normalized spacial score (nSPS) is 10.0. The number of hydrogen-bond acceptors (Lipinski definition) is 3. The molecule has 0 aliphatic carbocycles. The van der Waals surface area contributed by atoms with Crippen LogP contribution in [0.3, 0.4) is 0 Å². The van der Waals surface area contributed by atoms with Crippen molar-refractivity contribution in [1.29, 1.82) is 0 Å². The number of benzene rings is 1. The Morgan fingerprint density at radius 2 is 1.95 bits per heavy atom. The van der Waals surface area contributed by atoms with Gasteiger partial charge in [0.2, 0.25) is 5.91 Å². The van der Waals surface area contributed by atoms with Gasteiger partial charge in [0.25, 0.3) is 0 Å². The number of ether oxygens (including phenoxy) is 1. The zero-order chi connectivity index (χ0) is 14.1. The van der Waals surface area contributed by atoms with E-state index in [0.29, 0.717) is 32.0 Å². The SMILES string of the molecule is CC(C)COc1ccc(CC(=O)NCCCN)cc1.Cl. The topological polar surface area (TPSA) is 64.3 Å². The monoisotopic (exact) mass is 300 g/mol.